The second kappa shape index (κ2) is 10.4. The lowest BCUT2D eigenvalue weighted by Gasteiger charge is -2.22. The minimum atomic E-state index is -4.62. The Bertz CT molecular complexity index is 1100. The SMILES string of the molecule is CC(C)(C)NOc1ccc(C(F)(F)F)cc1C(=O)N=c1sc(C(C)(C)C)nn1CC1CCCCO1. The van der Waals surface area contributed by atoms with E-state index in [-0.39, 0.29) is 22.8 Å². The van der Waals surface area contributed by atoms with Crippen LogP contribution in [0.15, 0.2) is 23.2 Å². The highest BCUT2D eigenvalue weighted by molar-refractivity contribution is 7.09. The van der Waals surface area contributed by atoms with Gasteiger partial charge in [-0.2, -0.15) is 28.7 Å². The summed E-state index contributed by atoms with van der Waals surface area (Å²) in [6, 6.07) is 2.77. The summed E-state index contributed by atoms with van der Waals surface area (Å²) in [5.74, 6) is -0.881. The Hall–Kier alpha value is -2.24. The number of benzene rings is 1. The molecule has 0 aliphatic carbocycles. The van der Waals surface area contributed by atoms with E-state index in [1.165, 1.54) is 11.3 Å². The first-order valence-corrected chi connectivity index (χ1v) is 12.4. The molecule has 1 fully saturated rings. The number of carbonyl (C=O) groups excluding carboxylic acids is 1. The Labute approximate surface area is 207 Å². The highest BCUT2D eigenvalue weighted by atomic mass is 32.1. The van der Waals surface area contributed by atoms with Crippen molar-refractivity contribution in [2.75, 3.05) is 6.61 Å². The van der Waals surface area contributed by atoms with Crippen molar-refractivity contribution < 1.29 is 27.5 Å². The minimum Gasteiger partial charge on any atom is -0.407 e. The van der Waals surface area contributed by atoms with Crippen LogP contribution in [0.5, 0.6) is 5.75 Å². The zero-order valence-electron chi connectivity index (χ0n) is 21.0. The summed E-state index contributed by atoms with van der Waals surface area (Å²) in [5.41, 5.74) is 0.702. The van der Waals surface area contributed by atoms with Crippen molar-refractivity contribution in [3.63, 3.8) is 0 Å². The zero-order valence-corrected chi connectivity index (χ0v) is 21.8. The fraction of sp³-hybridized carbons (Fsp3) is 0.625. The van der Waals surface area contributed by atoms with Crippen molar-refractivity contribution in [1.29, 1.82) is 0 Å². The van der Waals surface area contributed by atoms with Gasteiger partial charge in [-0.05, 0) is 58.2 Å². The third-order valence-corrected chi connectivity index (χ3v) is 6.49. The average molecular weight is 515 g/mol. The van der Waals surface area contributed by atoms with Crippen LogP contribution in [0.3, 0.4) is 0 Å². The van der Waals surface area contributed by atoms with E-state index >= 15 is 0 Å². The number of nitrogens with one attached hydrogen (secondary N) is 1. The molecule has 0 spiro atoms. The quantitative estimate of drug-likeness (QED) is 0.552. The van der Waals surface area contributed by atoms with Crippen molar-refractivity contribution in [1.82, 2.24) is 15.3 Å². The molecule has 0 radical (unpaired) electrons. The van der Waals surface area contributed by atoms with Crippen molar-refractivity contribution in [2.24, 2.45) is 4.99 Å². The van der Waals surface area contributed by atoms with Gasteiger partial charge in [0, 0.05) is 17.6 Å². The minimum absolute atomic E-state index is 0.0376. The standard InChI is InChI=1S/C24H33F3N4O3S/c1-22(2,3)20-29-31(14-16-9-7-8-12-33-16)21(35-20)28-19(32)17-13-15(24(25,26)27)10-11-18(17)34-30-23(4,5)6/h10-11,13,16,30H,7-9,12,14H2,1-6H3. The number of rotatable bonds is 5. The molecule has 1 aliphatic heterocycles. The number of ether oxygens (including phenoxy) is 1. The van der Waals surface area contributed by atoms with Gasteiger partial charge in [0.1, 0.15) is 5.01 Å². The predicted molar refractivity (Wildman–Crippen MR) is 127 cm³/mol. The summed E-state index contributed by atoms with van der Waals surface area (Å²) in [7, 11) is 0. The molecule has 0 saturated carbocycles. The van der Waals surface area contributed by atoms with Crippen molar-refractivity contribution in [3.8, 4) is 5.75 Å². The number of amides is 1. The molecule has 194 valence electrons. The highest BCUT2D eigenvalue weighted by Gasteiger charge is 2.32. The fourth-order valence-electron chi connectivity index (χ4n) is 3.28. The van der Waals surface area contributed by atoms with Crippen molar-refractivity contribution in [3.05, 3.63) is 39.1 Å². The maximum Gasteiger partial charge on any atom is 0.416 e. The molecule has 35 heavy (non-hydrogen) atoms. The van der Waals surface area contributed by atoms with Crippen LogP contribution in [0.4, 0.5) is 13.2 Å². The first kappa shape index (κ1) is 27.3. The molecule has 1 aliphatic rings. The summed E-state index contributed by atoms with van der Waals surface area (Å²) in [5, 5.41) is 5.41. The Morgan fingerprint density at radius 1 is 1.23 bits per heavy atom. The van der Waals surface area contributed by atoms with E-state index in [0.29, 0.717) is 18.0 Å². The van der Waals surface area contributed by atoms with Crippen LogP contribution in [0.2, 0.25) is 0 Å². The largest absolute Gasteiger partial charge is 0.416 e. The maximum atomic E-state index is 13.4. The van der Waals surface area contributed by atoms with E-state index < -0.39 is 23.2 Å². The molecule has 2 aromatic rings. The summed E-state index contributed by atoms with van der Waals surface area (Å²) in [4.78, 5) is 23.2. The first-order chi connectivity index (χ1) is 16.1. The molecule has 1 amide bonds. The summed E-state index contributed by atoms with van der Waals surface area (Å²) in [6.45, 7) is 12.5. The predicted octanol–water partition coefficient (Wildman–Crippen LogP) is 5.25. The molecule has 1 N–H and O–H groups in total. The topological polar surface area (TPSA) is 77.7 Å². The smallest absolute Gasteiger partial charge is 0.407 e. The van der Waals surface area contributed by atoms with E-state index in [1.54, 1.807) is 4.68 Å². The van der Waals surface area contributed by atoms with Crippen LogP contribution in [0, 0.1) is 0 Å². The van der Waals surface area contributed by atoms with Gasteiger partial charge >= 0.3 is 6.18 Å². The van der Waals surface area contributed by atoms with Gasteiger partial charge < -0.3 is 9.57 Å². The number of hydrogen-bond acceptors (Lipinski definition) is 6. The number of halogens is 3. The second-order valence-corrected chi connectivity index (χ2v) is 11.6. The van der Waals surface area contributed by atoms with Crippen LogP contribution in [0.25, 0.3) is 0 Å². The fourth-order valence-corrected chi connectivity index (χ4v) is 4.24. The number of alkyl halides is 3. The highest BCUT2D eigenvalue weighted by Crippen LogP contribution is 2.33. The lowest BCUT2D eigenvalue weighted by Crippen LogP contribution is -2.38. The van der Waals surface area contributed by atoms with Gasteiger partial charge in [-0.25, -0.2) is 4.68 Å². The van der Waals surface area contributed by atoms with E-state index in [0.717, 1.165) is 42.5 Å². The van der Waals surface area contributed by atoms with Crippen LogP contribution in [-0.4, -0.2) is 33.9 Å². The maximum absolute atomic E-state index is 13.4. The normalized spacial score (nSPS) is 18.1. The number of nitrogens with zero attached hydrogens (tertiary/aromatic N) is 3. The van der Waals surface area contributed by atoms with Gasteiger partial charge in [0.25, 0.3) is 5.91 Å². The Kier molecular flexibility index (Phi) is 8.12. The molecular formula is C24H33F3N4O3S. The number of hydrogen-bond donors (Lipinski definition) is 1. The molecule has 1 aromatic heterocycles. The lowest BCUT2D eigenvalue weighted by atomic mass is 9.98. The average Bonchev–Trinajstić information content (AvgIpc) is 3.14. The molecule has 1 aromatic carbocycles. The van der Waals surface area contributed by atoms with Crippen LogP contribution in [0.1, 0.15) is 81.7 Å². The molecular weight excluding hydrogens is 481 g/mol. The van der Waals surface area contributed by atoms with Gasteiger partial charge in [-0.3, -0.25) is 4.79 Å². The molecule has 1 atom stereocenters. The zero-order chi connectivity index (χ0) is 26.0. The molecule has 3 rings (SSSR count). The van der Waals surface area contributed by atoms with Crippen LogP contribution in [-0.2, 0) is 22.9 Å². The van der Waals surface area contributed by atoms with Gasteiger partial charge in [0.05, 0.1) is 23.8 Å². The number of carbonyl (C=O) groups is 1. The monoisotopic (exact) mass is 514 g/mol. The molecule has 11 heteroatoms. The van der Waals surface area contributed by atoms with Gasteiger partial charge in [0.2, 0.25) is 4.80 Å². The second-order valence-electron chi connectivity index (χ2n) is 10.7. The summed E-state index contributed by atoms with van der Waals surface area (Å²) >= 11 is 1.24. The lowest BCUT2D eigenvalue weighted by molar-refractivity contribution is -0.137. The molecule has 0 bridgehead atoms. The van der Waals surface area contributed by atoms with Crippen LogP contribution >= 0.6 is 11.3 Å². The third kappa shape index (κ3) is 7.62. The van der Waals surface area contributed by atoms with Crippen molar-refractivity contribution >= 4 is 17.2 Å². The molecule has 1 saturated heterocycles. The number of hydroxylamine groups is 1. The van der Waals surface area contributed by atoms with E-state index in [1.807, 2.05) is 41.5 Å². The summed E-state index contributed by atoms with van der Waals surface area (Å²) in [6.07, 6.45) is -1.77. The van der Waals surface area contributed by atoms with Gasteiger partial charge in [0.15, 0.2) is 5.75 Å². The third-order valence-electron chi connectivity index (χ3n) is 5.11. The molecule has 7 nitrogen and oxygen atoms in total. The van der Waals surface area contributed by atoms with E-state index in [4.69, 9.17) is 9.57 Å². The van der Waals surface area contributed by atoms with Crippen LogP contribution < -0.4 is 15.1 Å². The van der Waals surface area contributed by atoms with Gasteiger partial charge in [-0.1, -0.05) is 32.1 Å². The van der Waals surface area contributed by atoms with E-state index in [9.17, 15) is 18.0 Å². The summed E-state index contributed by atoms with van der Waals surface area (Å²) < 4.78 is 47.6. The Morgan fingerprint density at radius 2 is 1.94 bits per heavy atom. The van der Waals surface area contributed by atoms with E-state index in [2.05, 4.69) is 15.6 Å². The Morgan fingerprint density at radius 3 is 2.51 bits per heavy atom. The van der Waals surface area contributed by atoms with Crippen molar-refractivity contribution in [2.45, 2.75) is 90.6 Å². The molecule has 2 heterocycles. The number of aromatic nitrogens is 2. The molecule has 1 unspecified atom stereocenters. The first-order valence-electron chi connectivity index (χ1n) is 11.6. The Balaban J connectivity index is 2.04. The van der Waals surface area contributed by atoms with Gasteiger partial charge in [-0.15, -0.1) is 0 Å².